The number of hydrogen-bond acceptors (Lipinski definition) is 6. The molecule has 1 aromatic carbocycles. The molecule has 0 spiro atoms. The number of rotatable bonds is 4. The monoisotopic (exact) mass is 382 g/mol. The van der Waals surface area contributed by atoms with Gasteiger partial charge in [-0.05, 0) is 45.3 Å². The third kappa shape index (κ3) is 3.91. The lowest BCUT2D eigenvalue weighted by Gasteiger charge is -2.21. The molecule has 4 rings (SSSR count). The number of piperidine rings is 1. The van der Waals surface area contributed by atoms with Gasteiger partial charge in [-0.15, -0.1) is 16.4 Å². The zero-order valence-electron chi connectivity index (χ0n) is 15.4. The van der Waals surface area contributed by atoms with Crippen molar-refractivity contribution in [2.45, 2.75) is 32.7 Å². The number of carbonyl (C=O) groups excluding carboxylic acids is 1. The first kappa shape index (κ1) is 17.8. The Morgan fingerprint density at radius 3 is 2.89 bits per heavy atom. The molecule has 1 amide bonds. The van der Waals surface area contributed by atoms with E-state index in [2.05, 4.69) is 58.0 Å². The molecule has 0 saturated carbocycles. The Morgan fingerprint density at radius 2 is 2.11 bits per heavy atom. The maximum Gasteiger partial charge on any atom is 0.279 e. The maximum absolute atomic E-state index is 12.5. The number of nitrogens with zero attached hydrogens (tertiary/aromatic N) is 4. The number of nitrogens with one attached hydrogen (secondary N) is 2. The van der Waals surface area contributed by atoms with Gasteiger partial charge < -0.3 is 5.32 Å². The van der Waals surface area contributed by atoms with E-state index >= 15 is 0 Å². The van der Waals surface area contributed by atoms with Crippen molar-refractivity contribution >= 4 is 22.4 Å². The topological polar surface area (TPSA) is 84.7 Å². The second-order valence-corrected chi connectivity index (χ2v) is 7.73. The van der Waals surface area contributed by atoms with Gasteiger partial charge in [0.05, 0.1) is 17.9 Å². The summed E-state index contributed by atoms with van der Waals surface area (Å²) in [6, 6.07) is 6.57. The lowest BCUT2D eigenvalue weighted by molar-refractivity contribution is 0.102. The number of benzene rings is 1. The molecular weight excluding hydrogens is 360 g/mol. The van der Waals surface area contributed by atoms with Gasteiger partial charge >= 0.3 is 0 Å². The predicted octanol–water partition coefficient (Wildman–Crippen LogP) is 3.20. The standard InChI is InChI=1S/C19H22N6OS/c1-12-3-4-15(13(2)9-12)17-11-27-19(21-17)22-18(26)16-10-25(24-23-16)14-5-7-20-8-6-14/h3-4,9-11,14,20H,5-8H2,1-2H3,(H,21,22,26). The Labute approximate surface area is 161 Å². The molecule has 3 aromatic rings. The van der Waals surface area contributed by atoms with Crippen LogP contribution in [0, 0.1) is 13.8 Å². The lowest BCUT2D eigenvalue weighted by Crippen LogP contribution is -2.29. The Hall–Kier alpha value is -2.58. The van der Waals surface area contributed by atoms with Crippen LogP contribution in [0.5, 0.6) is 0 Å². The van der Waals surface area contributed by atoms with Crippen LogP contribution in [0.1, 0.15) is 40.5 Å². The molecule has 0 radical (unpaired) electrons. The smallest absolute Gasteiger partial charge is 0.279 e. The van der Waals surface area contributed by atoms with E-state index in [9.17, 15) is 4.79 Å². The summed E-state index contributed by atoms with van der Waals surface area (Å²) in [5.41, 5.74) is 4.65. The summed E-state index contributed by atoms with van der Waals surface area (Å²) in [7, 11) is 0. The molecule has 1 fully saturated rings. The van der Waals surface area contributed by atoms with Gasteiger partial charge in [-0.25, -0.2) is 9.67 Å². The largest absolute Gasteiger partial charge is 0.317 e. The molecule has 7 nitrogen and oxygen atoms in total. The van der Waals surface area contributed by atoms with Crippen LogP contribution in [0.25, 0.3) is 11.3 Å². The number of aromatic nitrogens is 4. The highest BCUT2D eigenvalue weighted by Crippen LogP contribution is 2.28. The average Bonchev–Trinajstić information content (AvgIpc) is 3.32. The van der Waals surface area contributed by atoms with Crippen LogP contribution >= 0.6 is 11.3 Å². The highest BCUT2D eigenvalue weighted by Gasteiger charge is 2.19. The minimum atomic E-state index is -0.281. The van der Waals surface area contributed by atoms with Crippen LogP contribution < -0.4 is 10.6 Å². The first-order chi connectivity index (χ1) is 13.1. The zero-order valence-corrected chi connectivity index (χ0v) is 16.2. The van der Waals surface area contributed by atoms with Gasteiger partial charge in [0.2, 0.25) is 0 Å². The third-order valence-corrected chi connectivity index (χ3v) is 5.57. The molecule has 2 N–H and O–H groups in total. The number of amides is 1. The number of hydrogen-bond donors (Lipinski definition) is 2. The quantitative estimate of drug-likeness (QED) is 0.724. The Morgan fingerprint density at radius 1 is 1.30 bits per heavy atom. The first-order valence-electron chi connectivity index (χ1n) is 9.07. The van der Waals surface area contributed by atoms with Crippen molar-refractivity contribution < 1.29 is 4.79 Å². The highest BCUT2D eigenvalue weighted by molar-refractivity contribution is 7.14. The van der Waals surface area contributed by atoms with Crippen molar-refractivity contribution in [3.8, 4) is 11.3 Å². The lowest BCUT2D eigenvalue weighted by atomic mass is 10.0. The Bertz CT molecular complexity index is 957. The summed E-state index contributed by atoms with van der Waals surface area (Å²) in [5.74, 6) is -0.281. The fourth-order valence-electron chi connectivity index (χ4n) is 3.35. The van der Waals surface area contributed by atoms with E-state index in [0.717, 1.165) is 37.2 Å². The van der Waals surface area contributed by atoms with E-state index in [4.69, 9.17) is 0 Å². The molecule has 1 saturated heterocycles. The van der Waals surface area contributed by atoms with E-state index in [1.807, 2.05) is 5.38 Å². The van der Waals surface area contributed by atoms with Crippen molar-refractivity contribution in [3.05, 3.63) is 46.6 Å². The van der Waals surface area contributed by atoms with Gasteiger partial charge in [-0.1, -0.05) is 29.0 Å². The van der Waals surface area contributed by atoms with Gasteiger partial charge in [0.15, 0.2) is 10.8 Å². The Kier molecular flexibility index (Phi) is 5.00. The van der Waals surface area contributed by atoms with Gasteiger partial charge in [0.1, 0.15) is 0 Å². The second kappa shape index (κ2) is 7.58. The van der Waals surface area contributed by atoms with Gasteiger partial charge in [0.25, 0.3) is 5.91 Å². The molecule has 8 heteroatoms. The van der Waals surface area contributed by atoms with E-state index < -0.39 is 0 Å². The Balaban J connectivity index is 1.46. The molecular formula is C19H22N6OS. The van der Waals surface area contributed by atoms with Crippen LogP contribution in [0.15, 0.2) is 29.8 Å². The summed E-state index contributed by atoms with van der Waals surface area (Å²) in [5, 5.41) is 16.8. The highest BCUT2D eigenvalue weighted by atomic mass is 32.1. The molecule has 0 bridgehead atoms. The van der Waals surface area contributed by atoms with Crippen molar-refractivity contribution in [3.63, 3.8) is 0 Å². The SMILES string of the molecule is Cc1ccc(-c2csc(NC(=O)c3cn(C4CCNCC4)nn3)n2)c(C)c1. The fraction of sp³-hybridized carbons (Fsp3) is 0.368. The van der Waals surface area contributed by atoms with Crippen molar-refractivity contribution in [1.29, 1.82) is 0 Å². The van der Waals surface area contributed by atoms with Crippen LogP contribution in [-0.4, -0.2) is 39.0 Å². The number of carbonyl (C=O) groups is 1. The van der Waals surface area contributed by atoms with Crippen LogP contribution in [0.3, 0.4) is 0 Å². The number of anilines is 1. The minimum Gasteiger partial charge on any atom is -0.317 e. The summed E-state index contributed by atoms with van der Waals surface area (Å²) < 4.78 is 1.80. The van der Waals surface area contributed by atoms with E-state index in [-0.39, 0.29) is 5.91 Å². The van der Waals surface area contributed by atoms with Crippen LogP contribution in [0.4, 0.5) is 5.13 Å². The number of aryl methyl sites for hydroxylation is 2. The second-order valence-electron chi connectivity index (χ2n) is 6.88. The first-order valence-corrected chi connectivity index (χ1v) is 9.95. The third-order valence-electron chi connectivity index (χ3n) is 4.81. The van der Waals surface area contributed by atoms with Crippen molar-refractivity contribution in [1.82, 2.24) is 25.3 Å². The molecule has 27 heavy (non-hydrogen) atoms. The molecule has 0 atom stereocenters. The minimum absolute atomic E-state index is 0.281. The maximum atomic E-state index is 12.5. The van der Waals surface area contributed by atoms with E-state index in [1.54, 1.807) is 10.9 Å². The van der Waals surface area contributed by atoms with Crippen molar-refractivity contribution in [2.75, 3.05) is 18.4 Å². The summed E-state index contributed by atoms with van der Waals surface area (Å²) in [6.07, 6.45) is 3.72. The number of thiazole rings is 1. The van der Waals surface area contributed by atoms with Gasteiger partial charge in [-0.2, -0.15) is 0 Å². The van der Waals surface area contributed by atoms with Gasteiger partial charge in [-0.3, -0.25) is 10.1 Å². The van der Waals surface area contributed by atoms with E-state index in [0.29, 0.717) is 16.9 Å². The zero-order chi connectivity index (χ0) is 18.8. The summed E-state index contributed by atoms with van der Waals surface area (Å²) in [4.78, 5) is 17.1. The average molecular weight is 382 g/mol. The van der Waals surface area contributed by atoms with Gasteiger partial charge in [0, 0.05) is 10.9 Å². The predicted molar refractivity (Wildman–Crippen MR) is 106 cm³/mol. The molecule has 140 valence electrons. The van der Waals surface area contributed by atoms with Crippen LogP contribution in [0.2, 0.25) is 0 Å². The van der Waals surface area contributed by atoms with Crippen LogP contribution in [-0.2, 0) is 0 Å². The van der Waals surface area contributed by atoms with Crippen molar-refractivity contribution in [2.24, 2.45) is 0 Å². The molecule has 1 aliphatic heterocycles. The molecule has 3 heterocycles. The summed E-state index contributed by atoms with van der Waals surface area (Å²) >= 11 is 1.41. The molecule has 0 aliphatic carbocycles. The molecule has 2 aromatic heterocycles. The summed E-state index contributed by atoms with van der Waals surface area (Å²) in [6.45, 7) is 6.07. The molecule has 0 unspecified atom stereocenters. The normalized spacial score (nSPS) is 15.0. The molecule has 1 aliphatic rings. The van der Waals surface area contributed by atoms with E-state index in [1.165, 1.54) is 22.5 Å². The fourth-order valence-corrected chi connectivity index (χ4v) is 4.05.